The molecule has 0 saturated heterocycles. The van der Waals surface area contributed by atoms with Gasteiger partial charge in [-0.2, -0.15) is 5.10 Å². The summed E-state index contributed by atoms with van der Waals surface area (Å²) in [6.07, 6.45) is 1.30. The molecule has 1 heterocycles. The number of rotatable bonds is 6. The zero-order chi connectivity index (χ0) is 21.7. The van der Waals surface area contributed by atoms with E-state index < -0.39 is 10.8 Å². The number of benzene rings is 2. The standard InChI is InChI=1S/C21H18N4O5/c1-13-3-9-18(19(11-13)25(28)29)20-10-8-17(30-20)12-22-24-21(27)15-4-6-16(7-5-15)23-14(2)26/h3-12H,1-2H3,(H,23,26)(H,24,27). The van der Waals surface area contributed by atoms with Crippen molar-refractivity contribution in [2.45, 2.75) is 13.8 Å². The predicted octanol–water partition coefficient (Wildman–Crippen LogP) is 3.89. The molecule has 0 aliphatic rings. The number of hydrogen-bond donors (Lipinski definition) is 2. The van der Waals surface area contributed by atoms with Crippen molar-refractivity contribution in [3.8, 4) is 11.3 Å². The first kappa shape index (κ1) is 20.5. The van der Waals surface area contributed by atoms with Crippen molar-refractivity contribution in [2.24, 2.45) is 5.10 Å². The minimum atomic E-state index is -0.462. The molecule has 30 heavy (non-hydrogen) atoms. The normalized spacial score (nSPS) is 10.7. The van der Waals surface area contributed by atoms with Crippen LogP contribution in [0.4, 0.5) is 11.4 Å². The van der Waals surface area contributed by atoms with E-state index in [0.717, 1.165) is 5.56 Å². The van der Waals surface area contributed by atoms with Gasteiger partial charge in [-0.25, -0.2) is 5.43 Å². The fraction of sp³-hybridized carbons (Fsp3) is 0.0952. The third-order valence-electron chi connectivity index (χ3n) is 4.07. The van der Waals surface area contributed by atoms with E-state index in [1.165, 1.54) is 19.2 Å². The number of amides is 2. The average molecular weight is 406 g/mol. The molecule has 0 radical (unpaired) electrons. The van der Waals surface area contributed by atoms with Crippen molar-refractivity contribution in [2.75, 3.05) is 5.32 Å². The second kappa shape index (κ2) is 8.82. The molecule has 2 N–H and O–H groups in total. The minimum absolute atomic E-state index is 0.0520. The molecule has 3 rings (SSSR count). The lowest BCUT2D eigenvalue weighted by molar-refractivity contribution is -0.384. The summed E-state index contributed by atoms with van der Waals surface area (Å²) >= 11 is 0. The summed E-state index contributed by atoms with van der Waals surface area (Å²) in [6.45, 7) is 3.17. The van der Waals surface area contributed by atoms with Gasteiger partial charge >= 0.3 is 0 Å². The molecular formula is C21H18N4O5. The van der Waals surface area contributed by atoms with Crippen LogP contribution >= 0.6 is 0 Å². The van der Waals surface area contributed by atoms with E-state index in [-0.39, 0.29) is 11.6 Å². The third-order valence-corrected chi connectivity index (χ3v) is 4.07. The second-order valence-corrected chi connectivity index (χ2v) is 6.44. The predicted molar refractivity (Wildman–Crippen MR) is 111 cm³/mol. The Morgan fingerprint density at radius 2 is 1.83 bits per heavy atom. The summed E-state index contributed by atoms with van der Waals surface area (Å²) in [4.78, 5) is 34.0. The van der Waals surface area contributed by atoms with E-state index >= 15 is 0 Å². The maximum absolute atomic E-state index is 12.1. The number of nitrogens with zero attached hydrogens (tertiary/aromatic N) is 2. The second-order valence-electron chi connectivity index (χ2n) is 6.44. The van der Waals surface area contributed by atoms with Gasteiger partial charge < -0.3 is 9.73 Å². The van der Waals surface area contributed by atoms with Gasteiger partial charge in [-0.3, -0.25) is 19.7 Å². The first-order valence-corrected chi connectivity index (χ1v) is 8.90. The van der Waals surface area contributed by atoms with Gasteiger partial charge in [0.2, 0.25) is 5.91 Å². The molecule has 2 aromatic carbocycles. The van der Waals surface area contributed by atoms with Crippen LogP contribution in [0.25, 0.3) is 11.3 Å². The highest BCUT2D eigenvalue weighted by atomic mass is 16.6. The van der Waals surface area contributed by atoms with Gasteiger partial charge in [-0.1, -0.05) is 6.07 Å². The fourth-order valence-electron chi connectivity index (χ4n) is 2.70. The zero-order valence-electron chi connectivity index (χ0n) is 16.2. The third kappa shape index (κ3) is 4.96. The molecule has 0 aliphatic heterocycles. The molecule has 3 aromatic rings. The first-order valence-electron chi connectivity index (χ1n) is 8.90. The van der Waals surface area contributed by atoms with Gasteiger partial charge in [-0.15, -0.1) is 0 Å². The van der Waals surface area contributed by atoms with Crippen molar-refractivity contribution >= 4 is 29.4 Å². The van der Waals surface area contributed by atoms with Crippen LogP contribution in [0, 0.1) is 17.0 Å². The number of nitro groups is 1. The van der Waals surface area contributed by atoms with Crippen LogP contribution in [0.3, 0.4) is 0 Å². The lowest BCUT2D eigenvalue weighted by Crippen LogP contribution is -2.17. The molecule has 1 aromatic heterocycles. The molecule has 0 unspecified atom stereocenters. The SMILES string of the molecule is CC(=O)Nc1ccc(C(=O)NN=Cc2ccc(-c3ccc(C)cc3[N+](=O)[O-])o2)cc1. The molecular weight excluding hydrogens is 388 g/mol. The van der Waals surface area contributed by atoms with E-state index in [1.54, 1.807) is 55.5 Å². The number of carbonyl (C=O) groups excluding carboxylic acids is 2. The number of nitrogens with one attached hydrogen (secondary N) is 2. The average Bonchev–Trinajstić information content (AvgIpc) is 3.16. The Labute approximate surface area is 171 Å². The smallest absolute Gasteiger partial charge is 0.280 e. The quantitative estimate of drug-likeness (QED) is 0.365. The van der Waals surface area contributed by atoms with Crippen LogP contribution in [0.1, 0.15) is 28.6 Å². The van der Waals surface area contributed by atoms with Gasteiger partial charge in [0, 0.05) is 24.2 Å². The Balaban J connectivity index is 1.67. The number of aryl methyl sites for hydroxylation is 1. The van der Waals surface area contributed by atoms with Crippen LogP contribution < -0.4 is 10.7 Å². The molecule has 0 aliphatic carbocycles. The molecule has 0 bridgehead atoms. The molecule has 9 heteroatoms. The number of hydrazone groups is 1. The highest BCUT2D eigenvalue weighted by Crippen LogP contribution is 2.31. The summed E-state index contributed by atoms with van der Waals surface area (Å²) in [7, 11) is 0. The van der Waals surface area contributed by atoms with E-state index in [2.05, 4.69) is 15.8 Å². The van der Waals surface area contributed by atoms with Crippen LogP contribution in [-0.2, 0) is 4.79 Å². The van der Waals surface area contributed by atoms with E-state index in [9.17, 15) is 19.7 Å². The highest BCUT2D eigenvalue weighted by Gasteiger charge is 2.18. The minimum Gasteiger partial charge on any atom is -0.455 e. The maximum Gasteiger partial charge on any atom is 0.280 e. The molecule has 0 spiro atoms. The van der Waals surface area contributed by atoms with Gasteiger partial charge in [0.15, 0.2) is 0 Å². The summed E-state index contributed by atoms with van der Waals surface area (Å²) in [6, 6.07) is 14.4. The van der Waals surface area contributed by atoms with E-state index in [0.29, 0.717) is 28.3 Å². The number of hydrogen-bond acceptors (Lipinski definition) is 6. The molecule has 152 valence electrons. The first-order chi connectivity index (χ1) is 14.3. The van der Waals surface area contributed by atoms with Crippen LogP contribution in [-0.4, -0.2) is 23.0 Å². The van der Waals surface area contributed by atoms with Crippen molar-refractivity contribution in [1.29, 1.82) is 0 Å². The molecule has 0 saturated carbocycles. The van der Waals surface area contributed by atoms with Crippen LogP contribution in [0.5, 0.6) is 0 Å². The van der Waals surface area contributed by atoms with Crippen molar-refractivity contribution in [3.05, 3.63) is 81.6 Å². The van der Waals surface area contributed by atoms with Crippen molar-refractivity contribution in [3.63, 3.8) is 0 Å². The van der Waals surface area contributed by atoms with Gasteiger partial charge in [0.05, 0.1) is 16.7 Å². The number of furan rings is 1. The summed E-state index contributed by atoms with van der Waals surface area (Å²) < 4.78 is 5.60. The number of anilines is 1. The summed E-state index contributed by atoms with van der Waals surface area (Å²) in [5.41, 5.74) is 4.38. The molecule has 0 atom stereocenters. The summed E-state index contributed by atoms with van der Waals surface area (Å²) in [5, 5.41) is 17.7. The summed E-state index contributed by atoms with van der Waals surface area (Å²) in [5.74, 6) is -0.00335. The molecule has 2 amide bonds. The van der Waals surface area contributed by atoms with Crippen LogP contribution in [0.2, 0.25) is 0 Å². The Kier molecular flexibility index (Phi) is 6.02. The maximum atomic E-state index is 12.1. The fourth-order valence-corrected chi connectivity index (χ4v) is 2.70. The van der Waals surface area contributed by atoms with Crippen LogP contribution in [0.15, 0.2) is 64.1 Å². The Morgan fingerprint density at radius 3 is 2.50 bits per heavy atom. The highest BCUT2D eigenvalue weighted by molar-refractivity contribution is 5.96. The van der Waals surface area contributed by atoms with Crippen molar-refractivity contribution < 1.29 is 18.9 Å². The molecule has 0 fully saturated rings. The molecule has 9 nitrogen and oxygen atoms in total. The van der Waals surface area contributed by atoms with E-state index in [4.69, 9.17) is 4.42 Å². The largest absolute Gasteiger partial charge is 0.455 e. The van der Waals surface area contributed by atoms with Gasteiger partial charge in [0.1, 0.15) is 11.5 Å². The monoisotopic (exact) mass is 406 g/mol. The Morgan fingerprint density at radius 1 is 1.10 bits per heavy atom. The van der Waals surface area contributed by atoms with Gasteiger partial charge in [-0.05, 0) is 55.0 Å². The Hall–Kier alpha value is -4.27. The Bertz CT molecular complexity index is 1130. The van der Waals surface area contributed by atoms with E-state index in [1.807, 2.05) is 0 Å². The topological polar surface area (TPSA) is 127 Å². The zero-order valence-corrected chi connectivity index (χ0v) is 16.2. The van der Waals surface area contributed by atoms with Gasteiger partial charge in [0.25, 0.3) is 11.6 Å². The number of carbonyl (C=O) groups is 2. The lowest BCUT2D eigenvalue weighted by atomic mass is 10.1. The van der Waals surface area contributed by atoms with Crippen molar-refractivity contribution in [1.82, 2.24) is 5.43 Å². The lowest BCUT2D eigenvalue weighted by Gasteiger charge is -2.03. The number of nitro benzene ring substituents is 1.